The Morgan fingerprint density at radius 3 is 2.46 bits per heavy atom. The lowest BCUT2D eigenvalue weighted by Gasteiger charge is -2.11. The zero-order valence-corrected chi connectivity index (χ0v) is 16.0. The fourth-order valence-electron chi connectivity index (χ4n) is 2.95. The summed E-state index contributed by atoms with van der Waals surface area (Å²) >= 11 is 1.32. The third-order valence-electron chi connectivity index (χ3n) is 4.31. The lowest BCUT2D eigenvalue weighted by Crippen LogP contribution is -2.00. The number of para-hydroxylation sites is 1. The van der Waals surface area contributed by atoms with Crippen LogP contribution in [0.15, 0.2) is 78.0 Å². The molecule has 140 valence electrons. The highest BCUT2D eigenvalue weighted by Gasteiger charge is 2.17. The molecule has 0 radical (unpaired) electrons. The van der Waals surface area contributed by atoms with E-state index in [0.717, 1.165) is 22.9 Å². The van der Waals surface area contributed by atoms with Crippen LogP contribution in [0.5, 0.6) is 0 Å². The van der Waals surface area contributed by atoms with Gasteiger partial charge in [-0.25, -0.2) is 8.78 Å². The molecule has 0 amide bonds. The van der Waals surface area contributed by atoms with Gasteiger partial charge in [0.1, 0.15) is 0 Å². The normalized spacial score (nSPS) is 11.0. The summed E-state index contributed by atoms with van der Waals surface area (Å²) in [6, 6.07) is 22.0. The van der Waals surface area contributed by atoms with Gasteiger partial charge in [-0.2, -0.15) is 0 Å². The Hall–Kier alpha value is -2.99. The first-order valence-electron chi connectivity index (χ1n) is 8.77. The molecule has 4 aromatic rings. The highest BCUT2D eigenvalue weighted by molar-refractivity contribution is 7.98. The van der Waals surface area contributed by atoms with Gasteiger partial charge in [-0.1, -0.05) is 65.9 Å². The molecule has 0 fully saturated rings. The molecule has 4 rings (SSSR count). The first-order chi connectivity index (χ1) is 13.6. The number of nitrogens with zero attached hydrogens (tertiary/aromatic N) is 3. The van der Waals surface area contributed by atoms with Crippen LogP contribution in [0, 0.1) is 18.6 Å². The molecule has 0 atom stereocenters. The van der Waals surface area contributed by atoms with E-state index in [0.29, 0.717) is 16.5 Å². The summed E-state index contributed by atoms with van der Waals surface area (Å²) in [5.74, 6) is -0.706. The Balaban J connectivity index is 1.74. The van der Waals surface area contributed by atoms with Gasteiger partial charge in [0.05, 0.1) is 0 Å². The van der Waals surface area contributed by atoms with Gasteiger partial charge in [-0.3, -0.25) is 4.57 Å². The van der Waals surface area contributed by atoms with Crippen LogP contribution in [0.3, 0.4) is 0 Å². The molecule has 0 spiro atoms. The summed E-state index contributed by atoms with van der Waals surface area (Å²) in [5, 5.41) is 9.32. The Bertz CT molecular complexity index is 1110. The van der Waals surface area contributed by atoms with Crippen LogP contribution in [0.1, 0.15) is 11.1 Å². The molecular weight excluding hydrogens is 376 g/mol. The standard InChI is InChI=1S/C22H17F2N3S/c1-15-7-5-8-16(13-15)21-25-26-22(27(21)18-10-3-2-4-11-18)28-14-17-9-6-12-19(23)20(17)24/h2-13H,14H2,1H3. The molecule has 1 heterocycles. The van der Waals surface area contributed by atoms with Gasteiger partial charge in [0.2, 0.25) is 0 Å². The van der Waals surface area contributed by atoms with Crippen molar-refractivity contribution >= 4 is 11.8 Å². The molecule has 28 heavy (non-hydrogen) atoms. The maximum Gasteiger partial charge on any atom is 0.196 e. The Morgan fingerprint density at radius 2 is 1.68 bits per heavy atom. The van der Waals surface area contributed by atoms with Crippen molar-refractivity contribution in [3.8, 4) is 17.1 Å². The third-order valence-corrected chi connectivity index (χ3v) is 5.29. The van der Waals surface area contributed by atoms with Gasteiger partial charge < -0.3 is 0 Å². The van der Waals surface area contributed by atoms with Crippen LogP contribution in [-0.2, 0) is 5.75 Å². The van der Waals surface area contributed by atoms with Crippen molar-refractivity contribution in [2.45, 2.75) is 17.8 Å². The number of rotatable bonds is 5. The number of halogens is 2. The van der Waals surface area contributed by atoms with E-state index >= 15 is 0 Å². The zero-order chi connectivity index (χ0) is 19.5. The smallest absolute Gasteiger partial charge is 0.196 e. The zero-order valence-electron chi connectivity index (χ0n) is 15.1. The first kappa shape index (κ1) is 18.4. The van der Waals surface area contributed by atoms with E-state index in [9.17, 15) is 8.78 Å². The Kier molecular flexibility index (Phi) is 5.21. The SMILES string of the molecule is Cc1cccc(-c2nnc(SCc3cccc(F)c3F)n2-c2ccccc2)c1. The summed E-state index contributed by atoms with van der Waals surface area (Å²) in [5.41, 5.74) is 3.27. The minimum Gasteiger partial charge on any atom is -0.270 e. The fourth-order valence-corrected chi connectivity index (χ4v) is 3.87. The van der Waals surface area contributed by atoms with Gasteiger partial charge in [-0.05, 0) is 31.2 Å². The lowest BCUT2D eigenvalue weighted by atomic mass is 10.1. The van der Waals surface area contributed by atoms with E-state index in [1.807, 2.05) is 66.1 Å². The van der Waals surface area contributed by atoms with Crippen molar-refractivity contribution in [3.05, 3.63) is 95.6 Å². The molecule has 0 aliphatic carbocycles. The second-order valence-corrected chi connectivity index (χ2v) is 7.29. The monoisotopic (exact) mass is 393 g/mol. The molecule has 1 aromatic heterocycles. The molecule has 0 bridgehead atoms. The predicted molar refractivity (Wildman–Crippen MR) is 107 cm³/mol. The largest absolute Gasteiger partial charge is 0.270 e. The topological polar surface area (TPSA) is 30.7 Å². The molecular formula is C22H17F2N3S. The summed E-state index contributed by atoms with van der Waals surface area (Å²) in [6.45, 7) is 2.02. The molecule has 0 saturated carbocycles. The molecule has 0 N–H and O–H groups in total. The molecule has 0 unspecified atom stereocenters. The first-order valence-corrected chi connectivity index (χ1v) is 9.75. The molecule has 0 saturated heterocycles. The predicted octanol–water partition coefficient (Wildman–Crippen LogP) is 5.81. The average molecular weight is 393 g/mol. The van der Waals surface area contributed by atoms with Crippen LogP contribution < -0.4 is 0 Å². The van der Waals surface area contributed by atoms with Crippen molar-refractivity contribution in [3.63, 3.8) is 0 Å². The number of aromatic nitrogens is 3. The van der Waals surface area contributed by atoms with Gasteiger partial charge in [0.15, 0.2) is 22.6 Å². The average Bonchev–Trinajstić information content (AvgIpc) is 3.14. The van der Waals surface area contributed by atoms with Gasteiger partial charge in [0, 0.05) is 22.6 Å². The molecule has 0 aliphatic heterocycles. The summed E-state index contributed by atoms with van der Waals surface area (Å²) in [7, 11) is 0. The Labute approximate surface area is 166 Å². The molecule has 6 heteroatoms. The van der Waals surface area contributed by atoms with Crippen molar-refractivity contribution in [1.82, 2.24) is 14.8 Å². The van der Waals surface area contributed by atoms with Crippen molar-refractivity contribution < 1.29 is 8.78 Å². The number of aryl methyl sites for hydroxylation is 1. The van der Waals surface area contributed by atoms with Gasteiger partial charge in [0.25, 0.3) is 0 Å². The lowest BCUT2D eigenvalue weighted by molar-refractivity contribution is 0.502. The van der Waals surface area contributed by atoms with Crippen LogP contribution in [0.4, 0.5) is 8.78 Å². The minimum absolute atomic E-state index is 0.252. The second-order valence-electron chi connectivity index (χ2n) is 6.35. The van der Waals surface area contributed by atoms with E-state index in [2.05, 4.69) is 10.2 Å². The van der Waals surface area contributed by atoms with E-state index in [1.165, 1.54) is 17.8 Å². The molecule has 3 nitrogen and oxygen atoms in total. The number of hydrogen-bond donors (Lipinski definition) is 0. The number of benzene rings is 3. The minimum atomic E-state index is -0.844. The summed E-state index contributed by atoms with van der Waals surface area (Å²) in [4.78, 5) is 0. The van der Waals surface area contributed by atoms with Crippen molar-refractivity contribution in [2.75, 3.05) is 0 Å². The highest BCUT2D eigenvalue weighted by atomic mass is 32.2. The summed E-state index contributed by atoms with van der Waals surface area (Å²) < 4.78 is 29.4. The molecule has 0 aliphatic rings. The third kappa shape index (κ3) is 3.68. The quantitative estimate of drug-likeness (QED) is 0.401. The van der Waals surface area contributed by atoms with Gasteiger partial charge in [-0.15, -0.1) is 10.2 Å². The summed E-state index contributed by atoms with van der Waals surface area (Å²) in [6.07, 6.45) is 0. The van der Waals surface area contributed by atoms with Crippen LogP contribution in [0.25, 0.3) is 17.1 Å². The van der Waals surface area contributed by atoms with Crippen molar-refractivity contribution in [1.29, 1.82) is 0 Å². The van der Waals surface area contributed by atoms with E-state index in [-0.39, 0.29) is 5.75 Å². The van der Waals surface area contributed by atoms with Crippen molar-refractivity contribution in [2.24, 2.45) is 0 Å². The number of hydrogen-bond acceptors (Lipinski definition) is 3. The van der Waals surface area contributed by atoms with Crippen LogP contribution >= 0.6 is 11.8 Å². The van der Waals surface area contributed by atoms with Crippen LogP contribution in [-0.4, -0.2) is 14.8 Å². The van der Waals surface area contributed by atoms with Crippen LogP contribution in [0.2, 0.25) is 0 Å². The molecule has 3 aromatic carbocycles. The van der Waals surface area contributed by atoms with Gasteiger partial charge >= 0.3 is 0 Å². The van der Waals surface area contributed by atoms with E-state index in [1.54, 1.807) is 6.07 Å². The second kappa shape index (κ2) is 7.94. The van der Waals surface area contributed by atoms with E-state index in [4.69, 9.17) is 0 Å². The van der Waals surface area contributed by atoms with E-state index < -0.39 is 11.6 Å². The maximum atomic E-state index is 14.0. The maximum absolute atomic E-state index is 14.0. The number of thioether (sulfide) groups is 1. The Morgan fingerprint density at radius 1 is 0.893 bits per heavy atom. The highest BCUT2D eigenvalue weighted by Crippen LogP contribution is 2.30. The fraction of sp³-hybridized carbons (Fsp3) is 0.0909.